The van der Waals surface area contributed by atoms with Gasteiger partial charge in [-0.15, -0.1) is 0 Å². The lowest BCUT2D eigenvalue weighted by Crippen LogP contribution is -2.32. The third-order valence-electron chi connectivity index (χ3n) is 4.10. The van der Waals surface area contributed by atoms with Crippen LogP contribution in [0.3, 0.4) is 0 Å². The molecule has 0 aliphatic heterocycles. The van der Waals surface area contributed by atoms with Crippen LogP contribution in [-0.2, 0) is 6.54 Å². The number of amides is 1. The summed E-state index contributed by atoms with van der Waals surface area (Å²) in [5.41, 5.74) is 1.72. The van der Waals surface area contributed by atoms with Crippen molar-refractivity contribution in [3.8, 4) is 22.8 Å². The summed E-state index contributed by atoms with van der Waals surface area (Å²) in [6.45, 7) is 0.497. The van der Waals surface area contributed by atoms with E-state index in [1.54, 1.807) is 36.7 Å². The molecule has 0 atom stereocenters. The van der Waals surface area contributed by atoms with Gasteiger partial charge in [-0.25, -0.2) is 4.68 Å². The Hall–Kier alpha value is -3.68. The van der Waals surface area contributed by atoms with Gasteiger partial charge in [0, 0.05) is 36.1 Å². The first-order valence-corrected chi connectivity index (χ1v) is 8.61. The van der Waals surface area contributed by atoms with E-state index in [0.29, 0.717) is 22.8 Å². The second-order valence-corrected chi connectivity index (χ2v) is 5.84. The molecule has 0 spiro atoms. The molecular weight excluding hydrogens is 360 g/mol. The fourth-order valence-corrected chi connectivity index (χ4v) is 2.64. The second kappa shape index (κ2) is 8.81. The predicted molar refractivity (Wildman–Crippen MR) is 104 cm³/mol. The van der Waals surface area contributed by atoms with Gasteiger partial charge in [0.25, 0.3) is 11.5 Å². The maximum Gasteiger partial charge on any atom is 0.266 e. The van der Waals surface area contributed by atoms with Crippen molar-refractivity contribution in [1.29, 1.82) is 0 Å². The van der Waals surface area contributed by atoms with Gasteiger partial charge in [-0.1, -0.05) is 0 Å². The van der Waals surface area contributed by atoms with Gasteiger partial charge in [0.15, 0.2) is 11.5 Å². The summed E-state index contributed by atoms with van der Waals surface area (Å²) >= 11 is 0. The fraction of sp³-hybridized carbons (Fsp3) is 0.200. The normalized spacial score (nSPS) is 10.4. The highest BCUT2D eigenvalue weighted by atomic mass is 16.5. The minimum absolute atomic E-state index is 0.238. The number of pyridine rings is 1. The highest BCUT2D eigenvalue weighted by molar-refractivity contribution is 5.94. The van der Waals surface area contributed by atoms with Crippen LogP contribution in [-0.4, -0.2) is 41.4 Å². The SMILES string of the molecule is COc1ccc(C(=O)NCCn2nc(-c3ccncc3)ccc2=O)cc1OC. The Bertz CT molecular complexity index is 1020. The molecule has 1 N–H and O–H groups in total. The van der Waals surface area contributed by atoms with E-state index < -0.39 is 0 Å². The Morgan fingerprint density at radius 3 is 2.50 bits per heavy atom. The van der Waals surface area contributed by atoms with Crippen molar-refractivity contribution in [2.24, 2.45) is 0 Å². The number of nitrogens with zero attached hydrogens (tertiary/aromatic N) is 3. The van der Waals surface area contributed by atoms with Crippen molar-refractivity contribution in [2.75, 3.05) is 20.8 Å². The molecule has 0 aliphatic carbocycles. The Balaban J connectivity index is 1.66. The molecule has 8 nitrogen and oxygen atoms in total. The summed E-state index contributed by atoms with van der Waals surface area (Å²) in [6.07, 6.45) is 3.33. The molecule has 8 heteroatoms. The number of benzene rings is 1. The number of hydrogen-bond acceptors (Lipinski definition) is 6. The summed E-state index contributed by atoms with van der Waals surface area (Å²) in [6, 6.07) is 11.7. The summed E-state index contributed by atoms with van der Waals surface area (Å²) in [5.74, 6) is 0.736. The fourth-order valence-electron chi connectivity index (χ4n) is 2.64. The van der Waals surface area contributed by atoms with Crippen molar-refractivity contribution in [3.63, 3.8) is 0 Å². The molecule has 1 aromatic carbocycles. The third kappa shape index (κ3) is 4.35. The molecule has 28 heavy (non-hydrogen) atoms. The molecule has 144 valence electrons. The first kappa shape index (κ1) is 19.1. The maximum absolute atomic E-state index is 12.4. The van der Waals surface area contributed by atoms with E-state index in [4.69, 9.17) is 9.47 Å². The highest BCUT2D eigenvalue weighted by Crippen LogP contribution is 2.27. The number of nitrogens with one attached hydrogen (secondary N) is 1. The predicted octanol–water partition coefficient (Wildman–Crippen LogP) is 1.75. The lowest BCUT2D eigenvalue weighted by Gasteiger charge is -2.11. The van der Waals surface area contributed by atoms with E-state index in [1.807, 2.05) is 12.1 Å². The average molecular weight is 380 g/mol. The lowest BCUT2D eigenvalue weighted by molar-refractivity contribution is 0.0951. The topological polar surface area (TPSA) is 95.3 Å². The van der Waals surface area contributed by atoms with Crippen molar-refractivity contribution in [2.45, 2.75) is 6.54 Å². The minimum Gasteiger partial charge on any atom is -0.493 e. The van der Waals surface area contributed by atoms with Gasteiger partial charge >= 0.3 is 0 Å². The molecule has 3 aromatic rings. The van der Waals surface area contributed by atoms with E-state index in [-0.39, 0.29) is 24.6 Å². The number of hydrogen-bond donors (Lipinski definition) is 1. The summed E-state index contributed by atoms with van der Waals surface area (Å²) in [5, 5.41) is 7.13. The van der Waals surface area contributed by atoms with Crippen LogP contribution in [0, 0.1) is 0 Å². The van der Waals surface area contributed by atoms with Gasteiger partial charge in [0.1, 0.15) is 0 Å². The number of carbonyl (C=O) groups excluding carboxylic acids is 1. The van der Waals surface area contributed by atoms with Gasteiger partial charge in [-0.2, -0.15) is 5.10 Å². The van der Waals surface area contributed by atoms with Crippen LogP contribution in [0.2, 0.25) is 0 Å². The van der Waals surface area contributed by atoms with Gasteiger partial charge < -0.3 is 14.8 Å². The Morgan fingerprint density at radius 1 is 1.04 bits per heavy atom. The standard InChI is InChI=1S/C20H20N4O4/c1-27-17-5-3-15(13-18(17)28-2)20(26)22-11-12-24-19(25)6-4-16(23-24)14-7-9-21-10-8-14/h3-10,13H,11-12H2,1-2H3,(H,22,26). The van der Waals surface area contributed by atoms with Gasteiger partial charge in [-0.3, -0.25) is 14.6 Å². The first-order chi connectivity index (χ1) is 13.6. The monoisotopic (exact) mass is 380 g/mol. The molecule has 3 rings (SSSR count). The Kier molecular flexibility index (Phi) is 6.01. The number of methoxy groups -OCH3 is 2. The Labute approximate surface area is 161 Å². The quantitative estimate of drug-likeness (QED) is 0.671. The molecule has 0 unspecified atom stereocenters. The number of aromatic nitrogens is 3. The average Bonchev–Trinajstić information content (AvgIpc) is 2.75. The van der Waals surface area contributed by atoms with Crippen LogP contribution in [0.25, 0.3) is 11.3 Å². The summed E-state index contributed by atoms with van der Waals surface area (Å²) in [4.78, 5) is 28.4. The largest absolute Gasteiger partial charge is 0.493 e. The first-order valence-electron chi connectivity index (χ1n) is 8.61. The molecule has 0 radical (unpaired) electrons. The molecule has 0 bridgehead atoms. The minimum atomic E-state index is -0.278. The van der Waals surface area contributed by atoms with Crippen LogP contribution in [0.4, 0.5) is 0 Å². The van der Waals surface area contributed by atoms with Gasteiger partial charge in [-0.05, 0) is 36.4 Å². The van der Waals surface area contributed by atoms with Crippen molar-refractivity contribution in [1.82, 2.24) is 20.1 Å². The number of carbonyl (C=O) groups is 1. The maximum atomic E-state index is 12.4. The molecule has 1 amide bonds. The summed E-state index contributed by atoms with van der Waals surface area (Å²) in [7, 11) is 3.04. The van der Waals surface area contributed by atoms with E-state index in [2.05, 4.69) is 15.4 Å². The second-order valence-electron chi connectivity index (χ2n) is 5.84. The zero-order valence-electron chi connectivity index (χ0n) is 15.6. The molecular formula is C20H20N4O4. The Morgan fingerprint density at radius 2 is 1.79 bits per heavy atom. The third-order valence-corrected chi connectivity index (χ3v) is 4.10. The van der Waals surface area contributed by atoms with Crippen LogP contribution in [0.5, 0.6) is 11.5 Å². The van der Waals surface area contributed by atoms with Crippen LogP contribution in [0.15, 0.2) is 59.7 Å². The molecule has 0 aliphatic rings. The van der Waals surface area contributed by atoms with Gasteiger partial charge in [0.05, 0.1) is 26.5 Å². The van der Waals surface area contributed by atoms with E-state index >= 15 is 0 Å². The smallest absolute Gasteiger partial charge is 0.266 e. The molecule has 2 aromatic heterocycles. The van der Waals surface area contributed by atoms with Crippen molar-refractivity contribution >= 4 is 5.91 Å². The number of ether oxygens (including phenoxy) is 2. The van der Waals surface area contributed by atoms with E-state index in [1.165, 1.54) is 25.0 Å². The van der Waals surface area contributed by atoms with Crippen molar-refractivity contribution in [3.05, 3.63) is 70.8 Å². The lowest BCUT2D eigenvalue weighted by atomic mass is 10.2. The van der Waals surface area contributed by atoms with Crippen molar-refractivity contribution < 1.29 is 14.3 Å². The van der Waals surface area contributed by atoms with Gasteiger partial charge in [0.2, 0.25) is 0 Å². The van der Waals surface area contributed by atoms with E-state index in [9.17, 15) is 9.59 Å². The zero-order valence-corrected chi connectivity index (χ0v) is 15.6. The summed E-state index contributed by atoms with van der Waals surface area (Å²) < 4.78 is 11.7. The number of rotatable bonds is 7. The molecule has 0 fully saturated rings. The van der Waals surface area contributed by atoms with Crippen LogP contribution in [0.1, 0.15) is 10.4 Å². The highest BCUT2D eigenvalue weighted by Gasteiger charge is 2.11. The van der Waals surface area contributed by atoms with Crippen LogP contribution < -0.4 is 20.3 Å². The molecule has 0 saturated carbocycles. The molecule has 2 heterocycles. The molecule has 0 saturated heterocycles. The zero-order chi connectivity index (χ0) is 19.9. The van der Waals surface area contributed by atoms with Crippen LogP contribution >= 0.6 is 0 Å². The van der Waals surface area contributed by atoms with E-state index in [0.717, 1.165) is 5.56 Å².